The lowest BCUT2D eigenvalue weighted by molar-refractivity contribution is -0.119. The minimum absolute atomic E-state index is 0.0161. The number of benzene rings is 2. The molecule has 2 aromatic carbocycles. The van der Waals surface area contributed by atoms with Crippen LogP contribution in [0.25, 0.3) is 0 Å². The molecule has 2 aromatic rings. The minimum atomic E-state index is -4.21. The number of nitrogens with zero attached hydrogens (tertiary/aromatic N) is 1. The van der Waals surface area contributed by atoms with Crippen molar-refractivity contribution < 1.29 is 22.2 Å². The predicted octanol–water partition coefficient (Wildman–Crippen LogP) is 7.68. The zero-order chi connectivity index (χ0) is 29.2. The highest BCUT2D eigenvalue weighted by Gasteiger charge is 2.49. The Morgan fingerprint density at radius 2 is 1.40 bits per heavy atom. The fraction of sp³-hybridized carbons (Fsp3) is 0.419. The van der Waals surface area contributed by atoms with E-state index in [0.717, 1.165) is 11.4 Å². The molecule has 0 atom stereocenters. The first-order valence-corrected chi connectivity index (χ1v) is 16.4. The van der Waals surface area contributed by atoms with Crippen LogP contribution in [-0.2, 0) is 19.7 Å². The SMILES string of the molecule is CCN1C2=C(C(=O)CC(C)(C)C2)C(c2cc(Br)cc(Br)c2OS(=O)(=O)c2ccccc2)C2=C1CC(C)(C)CC2=O. The van der Waals surface area contributed by atoms with Crippen LogP contribution >= 0.6 is 31.9 Å². The molecule has 0 N–H and O–H groups in total. The molecule has 0 bridgehead atoms. The third-order valence-electron chi connectivity index (χ3n) is 7.91. The Kier molecular flexibility index (Phi) is 7.50. The fourth-order valence-corrected chi connectivity index (χ4v) is 8.81. The monoisotopic (exact) mass is 689 g/mol. The first-order chi connectivity index (χ1) is 18.6. The fourth-order valence-electron chi connectivity index (χ4n) is 6.37. The van der Waals surface area contributed by atoms with Gasteiger partial charge in [0.1, 0.15) is 4.90 Å². The summed E-state index contributed by atoms with van der Waals surface area (Å²) in [6.45, 7) is 11.0. The molecule has 1 aliphatic heterocycles. The van der Waals surface area contributed by atoms with Crippen LogP contribution in [0.15, 0.2) is 78.8 Å². The van der Waals surface area contributed by atoms with E-state index >= 15 is 0 Å². The number of hydrogen-bond acceptors (Lipinski definition) is 6. The topological polar surface area (TPSA) is 80.8 Å². The van der Waals surface area contributed by atoms with Gasteiger partial charge in [-0.1, -0.05) is 61.8 Å². The Hall–Kier alpha value is -2.23. The molecule has 9 heteroatoms. The first-order valence-electron chi connectivity index (χ1n) is 13.4. The molecular weight excluding hydrogens is 658 g/mol. The van der Waals surface area contributed by atoms with Gasteiger partial charge in [0.15, 0.2) is 17.3 Å². The summed E-state index contributed by atoms with van der Waals surface area (Å²) in [7, 11) is -4.21. The molecule has 5 rings (SSSR count). The van der Waals surface area contributed by atoms with Crippen molar-refractivity contribution in [3.8, 4) is 5.75 Å². The molecule has 0 saturated heterocycles. The first kappa shape index (κ1) is 29.3. The zero-order valence-corrected chi connectivity index (χ0v) is 27.3. The molecule has 3 aliphatic rings. The van der Waals surface area contributed by atoms with Crippen molar-refractivity contribution >= 4 is 53.5 Å². The highest BCUT2D eigenvalue weighted by molar-refractivity contribution is 9.11. The van der Waals surface area contributed by atoms with E-state index in [-0.39, 0.29) is 33.0 Å². The minimum Gasteiger partial charge on any atom is -0.377 e. The second-order valence-electron chi connectivity index (χ2n) is 12.4. The summed E-state index contributed by atoms with van der Waals surface area (Å²) in [5.41, 5.74) is 2.97. The Balaban J connectivity index is 1.80. The van der Waals surface area contributed by atoms with E-state index in [9.17, 15) is 18.0 Å². The van der Waals surface area contributed by atoms with Crippen molar-refractivity contribution in [2.24, 2.45) is 10.8 Å². The van der Waals surface area contributed by atoms with Crippen molar-refractivity contribution in [2.75, 3.05) is 6.54 Å². The normalized spacial score (nSPS) is 20.9. The third-order valence-corrected chi connectivity index (χ3v) is 10.2. The highest BCUT2D eigenvalue weighted by atomic mass is 79.9. The van der Waals surface area contributed by atoms with Crippen LogP contribution in [0.1, 0.15) is 71.8 Å². The largest absolute Gasteiger partial charge is 0.377 e. The summed E-state index contributed by atoms with van der Waals surface area (Å²) in [5.74, 6) is -0.704. The molecular formula is C31H33Br2NO5S. The second kappa shape index (κ2) is 10.2. The number of rotatable bonds is 5. The Morgan fingerprint density at radius 1 is 0.875 bits per heavy atom. The van der Waals surface area contributed by atoms with E-state index in [2.05, 4.69) is 64.5 Å². The van der Waals surface area contributed by atoms with Crippen LogP contribution in [0.3, 0.4) is 0 Å². The number of carbonyl (C=O) groups excluding carboxylic acids is 2. The third kappa shape index (κ3) is 5.25. The summed E-state index contributed by atoms with van der Waals surface area (Å²) in [6, 6.07) is 11.4. The van der Waals surface area contributed by atoms with Gasteiger partial charge in [0.25, 0.3) is 0 Å². The maximum absolute atomic E-state index is 14.0. The average molecular weight is 691 g/mol. The maximum Gasteiger partial charge on any atom is 0.339 e. The van der Waals surface area contributed by atoms with Gasteiger partial charge in [0, 0.05) is 57.9 Å². The molecule has 40 heavy (non-hydrogen) atoms. The van der Waals surface area contributed by atoms with Gasteiger partial charge in [-0.15, -0.1) is 0 Å². The molecule has 0 saturated carbocycles. The number of halogens is 2. The van der Waals surface area contributed by atoms with Gasteiger partial charge in [-0.05, 0) is 70.8 Å². The van der Waals surface area contributed by atoms with Crippen LogP contribution in [0.2, 0.25) is 0 Å². The smallest absolute Gasteiger partial charge is 0.339 e. The second-order valence-corrected chi connectivity index (χ2v) is 15.8. The zero-order valence-electron chi connectivity index (χ0n) is 23.3. The molecule has 2 aliphatic carbocycles. The van der Waals surface area contributed by atoms with Crippen LogP contribution in [0, 0.1) is 10.8 Å². The van der Waals surface area contributed by atoms with Gasteiger partial charge < -0.3 is 9.08 Å². The van der Waals surface area contributed by atoms with Crippen molar-refractivity contribution in [3.05, 3.63) is 79.5 Å². The van der Waals surface area contributed by atoms with Gasteiger partial charge in [-0.25, -0.2) is 0 Å². The Labute approximate surface area is 253 Å². The van der Waals surface area contributed by atoms with Crippen molar-refractivity contribution in [1.82, 2.24) is 4.90 Å². The molecule has 212 valence electrons. The lowest BCUT2D eigenvalue weighted by Gasteiger charge is -2.49. The Bertz CT molecular complexity index is 1530. The van der Waals surface area contributed by atoms with Gasteiger partial charge in [-0.3, -0.25) is 9.59 Å². The predicted molar refractivity (Wildman–Crippen MR) is 161 cm³/mol. The molecule has 0 fully saturated rings. The van der Waals surface area contributed by atoms with E-state index in [0.29, 0.717) is 57.9 Å². The summed E-state index contributed by atoms with van der Waals surface area (Å²) >= 11 is 7.08. The number of hydrogen-bond donors (Lipinski definition) is 0. The van der Waals surface area contributed by atoms with Crippen molar-refractivity contribution in [3.63, 3.8) is 0 Å². The number of Topliss-reactive ketones (excluding diaryl/α,β-unsaturated/α-hetero) is 2. The molecule has 0 radical (unpaired) electrons. The van der Waals surface area contributed by atoms with E-state index in [1.807, 2.05) is 6.92 Å². The van der Waals surface area contributed by atoms with Crippen molar-refractivity contribution in [1.29, 1.82) is 0 Å². The van der Waals surface area contributed by atoms with Crippen molar-refractivity contribution in [2.45, 2.75) is 71.1 Å². The molecule has 0 unspecified atom stereocenters. The lowest BCUT2D eigenvalue weighted by atomic mass is 9.63. The van der Waals surface area contributed by atoms with Crippen LogP contribution in [-0.4, -0.2) is 31.4 Å². The van der Waals surface area contributed by atoms with Gasteiger partial charge in [-0.2, -0.15) is 8.42 Å². The number of carbonyl (C=O) groups is 2. The van der Waals surface area contributed by atoms with Crippen LogP contribution < -0.4 is 4.18 Å². The van der Waals surface area contributed by atoms with E-state index in [4.69, 9.17) is 4.18 Å². The molecule has 1 heterocycles. The number of ketones is 2. The average Bonchev–Trinajstić information content (AvgIpc) is 2.83. The van der Waals surface area contributed by atoms with Gasteiger partial charge in [0.05, 0.1) is 4.47 Å². The van der Waals surface area contributed by atoms with E-state index in [1.54, 1.807) is 30.3 Å². The lowest BCUT2D eigenvalue weighted by Crippen LogP contribution is -2.44. The van der Waals surface area contributed by atoms with Gasteiger partial charge in [0.2, 0.25) is 0 Å². The molecule has 0 spiro atoms. The molecule has 0 amide bonds. The van der Waals surface area contributed by atoms with E-state index < -0.39 is 16.0 Å². The van der Waals surface area contributed by atoms with E-state index in [1.165, 1.54) is 12.1 Å². The standard InChI is InChI=1S/C31H33Br2NO5S/c1-6-34-22-14-30(2,3)16-24(35)27(22)26(28-23(34)15-31(4,5)17-25(28)36)20-12-18(32)13-21(33)29(20)39-40(37,38)19-10-8-7-9-11-19/h7-13,26H,6,14-17H2,1-5H3. The summed E-state index contributed by atoms with van der Waals surface area (Å²) < 4.78 is 33.8. The highest BCUT2D eigenvalue weighted by Crippen LogP contribution is 2.56. The quantitative estimate of drug-likeness (QED) is 0.300. The van der Waals surface area contributed by atoms with Crippen LogP contribution in [0.4, 0.5) is 0 Å². The van der Waals surface area contributed by atoms with Gasteiger partial charge >= 0.3 is 10.1 Å². The Morgan fingerprint density at radius 3 is 1.90 bits per heavy atom. The molecule has 0 aromatic heterocycles. The summed E-state index contributed by atoms with van der Waals surface area (Å²) in [6.07, 6.45) is 2.04. The number of allylic oxidation sites excluding steroid dienone is 4. The van der Waals surface area contributed by atoms with Crippen LogP contribution in [0.5, 0.6) is 5.75 Å². The summed E-state index contributed by atoms with van der Waals surface area (Å²) in [4.78, 5) is 30.2. The maximum atomic E-state index is 14.0. The molecule has 6 nitrogen and oxygen atoms in total. The summed E-state index contributed by atoms with van der Waals surface area (Å²) in [5, 5.41) is 0.